The summed E-state index contributed by atoms with van der Waals surface area (Å²) in [5, 5.41) is 0. The first-order valence-electron chi connectivity index (χ1n) is 6.56. The van der Waals surface area contributed by atoms with Crippen molar-refractivity contribution in [1.29, 1.82) is 0 Å². The van der Waals surface area contributed by atoms with Crippen LogP contribution in [0.2, 0.25) is 0 Å². The van der Waals surface area contributed by atoms with Crippen molar-refractivity contribution in [2.24, 2.45) is 5.92 Å². The third-order valence-electron chi connectivity index (χ3n) is 3.68. The number of hydrogen-bond acceptors (Lipinski definition) is 3. The van der Waals surface area contributed by atoms with Crippen molar-refractivity contribution < 1.29 is 4.79 Å². The molecule has 0 saturated heterocycles. The average Bonchev–Trinajstić information content (AvgIpc) is 2.27. The first-order chi connectivity index (χ1) is 8.61. The molecule has 1 fully saturated rings. The highest BCUT2D eigenvalue weighted by Gasteiger charge is 2.24. The van der Waals surface area contributed by atoms with E-state index in [2.05, 4.69) is 0 Å². The average molecular weight is 247 g/mol. The van der Waals surface area contributed by atoms with Crippen molar-refractivity contribution in [1.82, 2.24) is 4.90 Å². The Bertz CT molecular complexity index is 441. The van der Waals surface area contributed by atoms with E-state index in [4.69, 9.17) is 11.5 Å². The van der Waals surface area contributed by atoms with E-state index in [-0.39, 0.29) is 5.91 Å². The molecule has 98 valence electrons. The second-order valence-electron chi connectivity index (χ2n) is 4.99. The van der Waals surface area contributed by atoms with Crippen LogP contribution in [-0.4, -0.2) is 23.9 Å². The van der Waals surface area contributed by atoms with Crippen molar-refractivity contribution in [3.63, 3.8) is 0 Å². The monoisotopic (exact) mass is 247 g/mol. The van der Waals surface area contributed by atoms with Crippen LogP contribution in [0.25, 0.3) is 0 Å². The molecule has 0 heterocycles. The van der Waals surface area contributed by atoms with Gasteiger partial charge in [-0.1, -0.05) is 6.42 Å². The lowest BCUT2D eigenvalue weighted by atomic mass is 9.85. The Morgan fingerprint density at radius 3 is 2.61 bits per heavy atom. The van der Waals surface area contributed by atoms with Gasteiger partial charge in [0.2, 0.25) is 0 Å². The Kier molecular flexibility index (Phi) is 3.75. The van der Waals surface area contributed by atoms with Crippen LogP contribution in [0, 0.1) is 5.92 Å². The first kappa shape index (κ1) is 12.7. The fourth-order valence-corrected chi connectivity index (χ4v) is 2.29. The summed E-state index contributed by atoms with van der Waals surface area (Å²) in [5.74, 6) is 0.686. The van der Waals surface area contributed by atoms with E-state index in [1.165, 1.54) is 19.3 Å². The lowest BCUT2D eigenvalue weighted by Crippen LogP contribution is -2.37. The summed E-state index contributed by atoms with van der Waals surface area (Å²) in [4.78, 5) is 14.3. The molecule has 0 unspecified atom stereocenters. The molecule has 2 rings (SSSR count). The first-order valence-corrected chi connectivity index (χ1v) is 6.56. The van der Waals surface area contributed by atoms with Crippen LogP contribution in [-0.2, 0) is 0 Å². The van der Waals surface area contributed by atoms with Gasteiger partial charge in [0, 0.05) is 24.5 Å². The van der Waals surface area contributed by atoms with E-state index in [1.807, 2.05) is 11.8 Å². The number of benzene rings is 1. The molecule has 18 heavy (non-hydrogen) atoms. The van der Waals surface area contributed by atoms with Crippen LogP contribution in [0.15, 0.2) is 18.2 Å². The zero-order valence-corrected chi connectivity index (χ0v) is 10.9. The minimum absolute atomic E-state index is 0.0156. The number of nitrogens with zero attached hydrogens (tertiary/aromatic N) is 1. The van der Waals surface area contributed by atoms with Gasteiger partial charge >= 0.3 is 0 Å². The Hall–Kier alpha value is -1.71. The van der Waals surface area contributed by atoms with E-state index in [0.29, 0.717) is 22.9 Å². The van der Waals surface area contributed by atoms with Gasteiger partial charge in [-0.2, -0.15) is 0 Å². The van der Waals surface area contributed by atoms with Crippen molar-refractivity contribution in [3.8, 4) is 0 Å². The van der Waals surface area contributed by atoms with Crippen LogP contribution >= 0.6 is 0 Å². The Balaban J connectivity index is 2.11. The number of amides is 1. The summed E-state index contributed by atoms with van der Waals surface area (Å²) < 4.78 is 0. The molecule has 1 aliphatic rings. The third-order valence-corrected chi connectivity index (χ3v) is 3.68. The minimum Gasteiger partial charge on any atom is -0.399 e. The van der Waals surface area contributed by atoms with Crippen molar-refractivity contribution in [2.45, 2.75) is 26.2 Å². The predicted molar refractivity (Wildman–Crippen MR) is 74.2 cm³/mol. The molecule has 0 bridgehead atoms. The summed E-state index contributed by atoms with van der Waals surface area (Å²) in [6.45, 7) is 3.57. The van der Waals surface area contributed by atoms with E-state index < -0.39 is 0 Å². The fraction of sp³-hybridized carbons (Fsp3) is 0.500. The van der Waals surface area contributed by atoms with Gasteiger partial charge in [0.15, 0.2) is 0 Å². The summed E-state index contributed by atoms with van der Waals surface area (Å²) in [6, 6.07) is 5.08. The fourth-order valence-electron chi connectivity index (χ4n) is 2.29. The molecule has 4 N–H and O–H groups in total. The SMILES string of the molecule is CCN(CC1CCC1)C(=O)c1ccc(N)cc1N. The Labute approximate surface area is 108 Å². The smallest absolute Gasteiger partial charge is 0.255 e. The topological polar surface area (TPSA) is 72.3 Å². The third kappa shape index (κ3) is 2.58. The number of nitrogen functional groups attached to an aromatic ring is 2. The molecule has 1 aromatic rings. The van der Waals surface area contributed by atoms with Crippen LogP contribution in [0.5, 0.6) is 0 Å². The maximum Gasteiger partial charge on any atom is 0.255 e. The Morgan fingerprint density at radius 1 is 1.39 bits per heavy atom. The number of nitrogens with two attached hydrogens (primary N) is 2. The van der Waals surface area contributed by atoms with Crippen molar-refractivity contribution in [2.75, 3.05) is 24.6 Å². The lowest BCUT2D eigenvalue weighted by molar-refractivity contribution is 0.0707. The highest BCUT2D eigenvalue weighted by atomic mass is 16.2. The number of rotatable bonds is 4. The Morgan fingerprint density at radius 2 is 2.11 bits per heavy atom. The molecule has 1 aliphatic carbocycles. The second-order valence-corrected chi connectivity index (χ2v) is 4.99. The molecule has 0 aromatic heterocycles. The largest absolute Gasteiger partial charge is 0.399 e. The maximum atomic E-state index is 12.4. The van der Waals surface area contributed by atoms with Gasteiger partial charge in [0.05, 0.1) is 5.56 Å². The summed E-state index contributed by atoms with van der Waals surface area (Å²) >= 11 is 0. The van der Waals surface area contributed by atoms with Crippen LogP contribution < -0.4 is 11.5 Å². The molecule has 4 heteroatoms. The number of carbonyl (C=O) groups excluding carboxylic acids is 1. The number of anilines is 2. The lowest BCUT2D eigenvalue weighted by Gasteiger charge is -2.32. The van der Waals surface area contributed by atoms with Crippen LogP contribution in [0.1, 0.15) is 36.5 Å². The van der Waals surface area contributed by atoms with Gasteiger partial charge in [-0.25, -0.2) is 0 Å². The van der Waals surface area contributed by atoms with E-state index in [1.54, 1.807) is 18.2 Å². The normalized spacial score (nSPS) is 15.2. The molecule has 1 saturated carbocycles. The molecule has 0 radical (unpaired) electrons. The molecule has 1 amide bonds. The van der Waals surface area contributed by atoms with Gasteiger partial charge in [0.1, 0.15) is 0 Å². The molecule has 0 atom stereocenters. The summed E-state index contributed by atoms with van der Waals surface area (Å²) in [6.07, 6.45) is 3.77. The van der Waals surface area contributed by atoms with Gasteiger partial charge < -0.3 is 16.4 Å². The quantitative estimate of drug-likeness (QED) is 0.800. The van der Waals surface area contributed by atoms with Crippen LogP contribution in [0.3, 0.4) is 0 Å². The van der Waals surface area contributed by atoms with Crippen molar-refractivity contribution in [3.05, 3.63) is 23.8 Å². The van der Waals surface area contributed by atoms with Crippen molar-refractivity contribution >= 4 is 17.3 Å². The maximum absolute atomic E-state index is 12.4. The van der Waals surface area contributed by atoms with Gasteiger partial charge in [-0.05, 0) is 43.9 Å². The molecule has 0 spiro atoms. The summed E-state index contributed by atoms with van der Waals surface area (Å²) in [7, 11) is 0. The van der Waals surface area contributed by atoms with Gasteiger partial charge in [0.25, 0.3) is 5.91 Å². The number of carbonyl (C=O) groups is 1. The molecule has 4 nitrogen and oxygen atoms in total. The highest BCUT2D eigenvalue weighted by Crippen LogP contribution is 2.28. The van der Waals surface area contributed by atoms with Crippen LogP contribution in [0.4, 0.5) is 11.4 Å². The highest BCUT2D eigenvalue weighted by molar-refractivity contribution is 5.99. The predicted octanol–water partition coefficient (Wildman–Crippen LogP) is 2.11. The molecular weight excluding hydrogens is 226 g/mol. The standard InChI is InChI=1S/C14H21N3O/c1-2-17(9-10-4-3-5-10)14(18)12-7-6-11(15)8-13(12)16/h6-8,10H,2-5,9,15-16H2,1H3. The molecule has 0 aliphatic heterocycles. The number of hydrogen-bond donors (Lipinski definition) is 2. The molecular formula is C14H21N3O. The van der Waals surface area contributed by atoms with E-state index in [0.717, 1.165) is 13.1 Å². The summed E-state index contributed by atoms with van der Waals surface area (Å²) in [5.41, 5.74) is 13.1. The zero-order chi connectivity index (χ0) is 13.1. The van der Waals surface area contributed by atoms with E-state index >= 15 is 0 Å². The van der Waals surface area contributed by atoms with Gasteiger partial charge in [-0.3, -0.25) is 4.79 Å². The molecule has 1 aromatic carbocycles. The zero-order valence-electron chi connectivity index (χ0n) is 10.9. The van der Waals surface area contributed by atoms with E-state index in [9.17, 15) is 4.79 Å². The van der Waals surface area contributed by atoms with Gasteiger partial charge in [-0.15, -0.1) is 0 Å². The minimum atomic E-state index is 0.0156. The second kappa shape index (κ2) is 5.29.